The second-order valence-electron chi connectivity index (χ2n) is 4.27. The van der Waals surface area contributed by atoms with E-state index in [0.717, 1.165) is 5.56 Å². The van der Waals surface area contributed by atoms with Crippen molar-refractivity contribution in [2.45, 2.75) is 6.61 Å². The van der Waals surface area contributed by atoms with E-state index < -0.39 is 0 Å². The van der Waals surface area contributed by atoms with Crippen LogP contribution in [0.5, 0.6) is 0 Å². The Morgan fingerprint density at radius 3 is 2.35 bits per heavy atom. The zero-order valence-corrected chi connectivity index (χ0v) is 11.1. The Morgan fingerprint density at radius 1 is 1.15 bits per heavy atom. The lowest BCUT2D eigenvalue weighted by molar-refractivity contribution is 0.102. The molecule has 0 aromatic heterocycles. The van der Waals surface area contributed by atoms with Crippen molar-refractivity contribution in [1.29, 1.82) is 5.26 Å². The molecule has 0 bridgehead atoms. The van der Waals surface area contributed by atoms with Gasteiger partial charge in [0, 0.05) is 18.4 Å². The molecule has 0 aliphatic rings. The topological polar surface area (TPSA) is 62.1 Å². The first kappa shape index (κ1) is 13.8. The van der Waals surface area contributed by atoms with Gasteiger partial charge in [-0.25, -0.2) is 0 Å². The maximum Gasteiger partial charge on any atom is 0.255 e. The molecular weight excluding hydrogens is 252 g/mol. The first-order chi connectivity index (χ1) is 9.72. The highest BCUT2D eigenvalue weighted by Gasteiger charge is 2.06. The van der Waals surface area contributed by atoms with E-state index >= 15 is 0 Å². The fourth-order valence-corrected chi connectivity index (χ4v) is 1.75. The van der Waals surface area contributed by atoms with E-state index in [1.165, 1.54) is 0 Å². The SMILES string of the molecule is COCc1ccc(C(=O)Nc2ccc(C#N)cc2)cc1. The van der Waals surface area contributed by atoms with Gasteiger partial charge >= 0.3 is 0 Å². The number of hydrogen-bond acceptors (Lipinski definition) is 3. The molecule has 1 N–H and O–H groups in total. The summed E-state index contributed by atoms with van der Waals surface area (Å²) in [6.45, 7) is 0.525. The average Bonchev–Trinajstić information content (AvgIpc) is 2.49. The fourth-order valence-electron chi connectivity index (χ4n) is 1.75. The first-order valence-electron chi connectivity index (χ1n) is 6.12. The molecule has 0 saturated heterocycles. The second-order valence-corrected chi connectivity index (χ2v) is 4.27. The Labute approximate surface area is 117 Å². The van der Waals surface area contributed by atoms with Crippen LogP contribution in [-0.4, -0.2) is 13.0 Å². The van der Waals surface area contributed by atoms with Crippen LogP contribution >= 0.6 is 0 Å². The molecule has 0 radical (unpaired) electrons. The van der Waals surface area contributed by atoms with Crippen LogP contribution in [0.15, 0.2) is 48.5 Å². The summed E-state index contributed by atoms with van der Waals surface area (Å²) in [7, 11) is 1.63. The average molecular weight is 266 g/mol. The Hall–Kier alpha value is -2.64. The predicted molar refractivity (Wildman–Crippen MR) is 76.3 cm³/mol. The summed E-state index contributed by atoms with van der Waals surface area (Å²) < 4.78 is 5.02. The molecule has 0 spiro atoms. The van der Waals surface area contributed by atoms with E-state index in [-0.39, 0.29) is 5.91 Å². The molecule has 100 valence electrons. The number of carbonyl (C=O) groups is 1. The molecule has 4 heteroatoms. The zero-order chi connectivity index (χ0) is 14.4. The van der Waals surface area contributed by atoms with Crippen LogP contribution in [0.25, 0.3) is 0 Å². The van der Waals surface area contributed by atoms with Gasteiger partial charge in [-0.05, 0) is 42.0 Å². The van der Waals surface area contributed by atoms with E-state index in [1.807, 2.05) is 18.2 Å². The van der Waals surface area contributed by atoms with Gasteiger partial charge in [0.25, 0.3) is 5.91 Å². The summed E-state index contributed by atoms with van der Waals surface area (Å²) >= 11 is 0. The number of nitrogens with one attached hydrogen (secondary N) is 1. The van der Waals surface area contributed by atoms with E-state index in [0.29, 0.717) is 23.4 Å². The molecule has 0 fully saturated rings. The van der Waals surface area contributed by atoms with Gasteiger partial charge in [0.15, 0.2) is 0 Å². The molecular formula is C16H14N2O2. The van der Waals surface area contributed by atoms with Gasteiger partial charge in [0.1, 0.15) is 0 Å². The van der Waals surface area contributed by atoms with Crippen molar-refractivity contribution in [2.75, 3.05) is 12.4 Å². The second kappa shape index (κ2) is 6.50. The minimum absolute atomic E-state index is 0.182. The van der Waals surface area contributed by atoms with E-state index in [1.54, 1.807) is 43.5 Å². The lowest BCUT2D eigenvalue weighted by atomic mass is 10.1. The van der Waals surface area contributed by atoms with Crippen molar-refractivity contribution in [1.82, 2.24) is 0 Å². The highest BCUT2D eigenvalue weighted by Crippen LogP contribution is 2.12. The molecule has 0 unspecified atom stereocenters. The number of nitriles is 1. The maximum atomic E-state index is 12.0. The molecule has 0 aliphatic heterocycles. The number of rotatable bonds is 4. The molecule has 0 heterocycles. The van der Waals surface area contributed by atoms with Gasteiger partial charge in [-0.2, -0.15) is 5.26 Å². The van der Waals surface area contributed by atoms with Gasteiger partial charge in [-0.1, -0.05) is 12.1 Å². The van der Waals surface area contributed by atoms with Crippen LogP contribution in [0.2, 0.25) is 0 Å². The van der Waals surface area contributed by atoms with E-state index in [2.05, 4.69) is 5.32 Å². The Kier molecular flexibility index (Phi) is 4.48. The lowest BCUT2D eigenvalue weighted by Gasteiger charge is -2.06. The highest BCUT2D eigenvalue weighted by molar-refractivity contribution is 6.04. The minimum atomic E-state index is -0.182. The van der Waals surface area contributed by atoms with Crippen molar-refractivity contribution >= 4 is 11.6 Å². The summed E-state index contributed by atoms with van der Waals surface area (Å²) in [6.07, 6.45) is 0. The number of ether oxygens (including phenoxy) is 1. The number of anilines is 1. The quantitative estimate of drug-likeness (QED) is 0.925. The smallest absolute Gasteiger partial charge is 0.255 e. The van der Waals surface area contributed by atoms with Crippen molar-refractivity contribution in [3.05, 3.63) is 65.2 Å². The Bertz CT molecular complexity index is 625. The molecule has 4 nitrogen and oxygen atoms in total. The predicted octanol–water partition coefficient (Wildman–Crippen LogP) is 2.96. The molecule has 2 aromatic rings. The van der Waals surface area contributed by atoms with Gasteiger partial charge in [-0.15, -0.1) is 0 Å². The minimum Gasteiger partial charge on any atom is -0.380 e. The summed E-state index contributed by atoms with van der Waals surface area (Å²) in [5.41, 5.74) is 2.82. The number of benzene rings is 2. The first-order valence-corrected chi connectivity index (χ1v) is 6.12. The summed E-state index contributed by atoms with van der Waals surface area (Å²) in [4.78, 5) is 12.0. The molecule has 2 rings (SSSR count). The molecule has 2 aromatic carbocycles. The number of carbonyl (C=O) groups excluding carboxylic acids is 1. The molecule has 0 aliphatic carbocycles. The van der Waals surface area contributed by atoms with E-state index in [9.17, 15) is 4.79 Å². The van der Waals surface area contributed by atoms with Crippen molar-refractivity contribution in [3.8, 4) is 6.07 Å². The lowest BCUT2D eigenvalue weighted by Crippen LogP contribution is -2.11. The van der Waals surface area contributed by atoms with Crippen LogP contribution < -0.4 is 5.32 Å². The summed E-state index contributed by atoms with van der Waals surface area (Å²) in [5.74, 6) is -0.182. The summed E-state index contributed by atoms with van der Waals surface area (Å²) in [5, 5.41) is 11.5. The number of hydrogen-bond donors (Lipinski definition) is 1. The third-order valence-electron chi connectivity index (χ3n) is 2.80. The molecule has 0 atom stereocenters. The Morgan fingerprint density at radius 2 is 1.80 bits per heavy atom. The van der Waals surface area contributed by atoms with Crippen LogP contribution in [0.3, 0.4) is 0 Å². The number of methoxy groups -OCH3 is 1. The van der Waals surface area contributed by atoms with Gasteiger partial charge in [-0.3, -0.25) is 4.79 Å². The third-order valence-corrected chi connectivity index (χ3v) is 2.80. The van der Waals surface area contributed by atoms with Crippen LogP contribution in [0.1, 0.15) is 21.5 Å². The van der Waals surface area contributed by atoms with Crippen LogP contribution in [0, 0.1) is 11.3 Å². The monoisotopic (exact) mass is 266 g/mol. The number of nitrogens with zero attached hydrogens (tertiary/aromatic N) is 1. The number of amides is 1. The molecule has 20 heavy (non-hydrogen) atoms. The van der Waals surface area contributed by atoms with E-state index in [4.69, 9.17) is 10.00 Å². The molecule has 0 saturated carbocycles. The van der Waals surface area contributed by atoms with Crippen molar-refractivity contribution < 1.29 is 9.53 Å². The molecule has 1 amide bonds. The standard InChI is InChI=1S/C16H14N2O2/c1-20-11-13-2-6-14(7-3-13)16(19)18-15-8-4-12(10-17)5-9-15/h2-9H,11H2,1H3,(H,18,19). The van der Waals surface area contributed by atoms with Crippen molar-refractivity contribution in [2.24, 2.45) is 0 Å². The van der Waals surface area contributed by atoms with Crippen molar-refractivity contribution in [3.63, 3.8) is 0 Å². The zero-order valence-electron chi connectivity index (χ0n) is 11.1. The van der Waals surface area contributed by atoms with Gasteiger partial charge in [0.2, 0.25) is 0 Å². The fraction of sp³-hybridized carbons (Fsp3) is 0.125. The van der Waals surface area contributed by atoms with Crippen LogP contribution in [-0.2, 0) is 11.3 Å². The largest absolute Gasteiger partial charge is 0.380 e. The highest BCUT2D eigenvalue weighted by atomic mass is 16.5. The summed E-state index contributed by atoms with van der Waals surface area (Å²) in [6, 6.07) is 16.0. The van der Waals surface area contributed by atoms with Gasteiger partial charge in [0.05, 0.1) is 18.2 Å². The van der Waals surface area contributed by atoms with Crippen LogP contribution in [0.4, 0.5) is 5.69 Å². The van der Waals surface area contributed by atoms with Gasteiger partial charge < -0.3 is 10.1 Å². The third kappa shape index (κ3) is 3.44. The normalized spacial score (nSPS) is 9.80. The maximum absolute atomic E-state index is 12.0. The Balaban J connectivity index is 2.05.